The molecule has 0 saturated carbocycles. The van der Waals surface area contributed by atoms with Gasteiger partial charge in [0, 0.05) is 11.8 Å². The predicted octanol–water partition coefficient (Wildman–Crippen LogP) is 1.75. The van der Waals surface area contributed by atoms with E-state index >= 15 is 0 Å². The fraction of sp³-hybridized carbons (Fsp3) is 0.385. The van der Waals surface area contributed by atoms with Crippen LogP contribution < -0.4 is 5.56 Å². The quantitative estimate of drug-likeness (QED) is 0.870. The summed E-state index contributed by atoms with van der Waals surface area (Å²) in [5.41, 5.74) is -0.751. The molecule has 0 spiro atoms. The molecule has 0 aliphatic carbocycles. The zero-order chi connectivity index (χ0) is 15.7. The minimum atomic E-state index is -1.22. The van der Waals surface area contributed by atoms with Crippen molar-refractivity contribution < 1.29 is 19.8 Å². The molecule has 0 aliphatic rings. The van der Waals surface area contributed by atoms with E-state index in [1.807, 2.05) is 6.92 Å². The molecular formula is C13H14N2O5S. The van der Waals surface area contributed by atoms with Gasteiger partial charge in [0.05, 0.1) is 10.9 Å². The smallest absolute Gasteiger partial charge is 0.337 e. The summed E-state index contributed by atoms with van der Waals surface area (Å²) >= 11 is 1.07. The first-order chi connectivity index (χ1) is 9.88. The van der Waals surface area contributed by atoms with Crippen LogP contribution in [0.4, 0.5) is 0 Å². The van der Waals surface area contributed by atoms with Crippen LogP contribution in [0.3, 0.4) is 0 Å². The van der Waals surface area contributed by atoms with Crippen molar-refractivity contribution >= 4 is 33.5 Å². The van der Waals surface area contributed by atoms with Gasteiger partial charge in [0.1, 0.15) is 16.7 Å². The highest BCUT2D eigenvalue weighted by atomic mass is 32.1. The number of fused-ring (bicyclic) bond motifs is 1. The summed E-state index contributed by atoms with van der Waals surface area (Å²) in [6.45, 7) is 3.27. The molecule has 0 aliphatic heterocycles. The second-order valence-electron chi connectivity index (χ2n) is 4.60. The van der Waals surface area contributed by atoms with Crippen molar-refractivity contribution in [1.29, 1.82) is 0 Å². The van der Waals surface area contributed by atoms with Crippen LogP contribution in [-0.4, -0.2) is 31.7 Å². The fourth-order valence-corrected chi connectivity index (χ4v) is 3.03. The predicted molar refractivity (Wildman–Crippen MR) is 77.2 cm³/mol. The molecule has 0 radical (unpaired) electrons. The van der Waals surface area contributed by atoms with Gasteiger partial charge < -0.3 is 10.2 Å². The first kappa shape index (κ1) is 15.2. The number of hydrogen-bond donors (Lipinski definition) is 2. The molecule has 0 aromatic carbocycles. The van der Waals surface area contributed by atoms with E-state index in [1.165, 1.54) is 12.3 Å². The Balaban J connectivity index is 2.85. The van der Waals surface area contributed by atoms with Crippen LogP contribution in [0.2, 0.25) is 0 Å². The van der Waals surface area contributed by atoms with Crippen LogP contribution in [0.15, 0.2) is 10.2 Å². The summed E-state index contributed by atoms with van der Waals surface area (Å²) in [6.07, 6.45) is 1.14. The number of nitrogens with zero attached hydrogens (tertiary/aromatic N) is 2. The number of aromatic carboxylic acids is 1. The molecule has 112 valence electrons. The third-order valence-corrected chi connectivity index (χ3v) is 4.03. The Morgan fingerprint density at radius 2 is 2.10 bits per heavy atom. The van der Waals surface area contributed by atoms with Gasteiger partial charge in [-0.05, 0) is 13.3 Å². The Morgan fingerprint density at radius 3 is 2.62 bits per heavy atom. The maximum Gasteiger partial charge on any atom is 0.337 e. The Labute approximate surface area is 123 Å². The van der Waals surface area contributed by atoms with Gasteiger partial charge in [-0.2, -0.15) is 0 Å². The lowest BCUT2D eigenvalue weighted by atomic mass is 10.2. The highest BCUT2D eigenvalue weighted by Gasteiger charge is 2.24. The summed E-state index contributed by atoms with van der Waals surface area (Å²) in [6, 6.07) is -1.10. The number of aromatic nitrogens is 2. The number of hydrogen-bond acceptors (Lipinski definition) is 5. The Hall–Kier alpha value is -2.22. The molecule has 2 heterocycles. The Kier molecular flexibility index (Phi) is 4.08. The zero-order valence-corrected chi connectivity index (χ0v) is 12.3. The molecule has 7 nitrogen and oxygen atoms in total. The third kappa shape index (κ3) is 2.54. The number of thiophene rings is 1. The molecule has 0 saturated heterocycles. The van der Waals surface area contributed by atoms with Crippen molar-refractivity contribution in [3.63, 3.8) is 0 Å². The maximum atomic E-state index is 12.6. The Morgan fingerprint density at radius 1 is 1.43 bits per heavy atom. The van der Waals surface area contributed by atoms with Gasteiger partial charge in [0.15, 0.2) is 0 Å². The number of aryl methyl sites for hydroxylation is 1. The minimum absolute atomic E-state index is 0.0274. The van der Waals surface area contributed by atoms with Crippen molar-refractivity contribution in [2.45, 2.75) is 32.7 Å². The van der Waals surface area contributed by atoms with Crippen molar-refractivity contribution in [2.75, 3.05) is 0 Å². The molecule has 2 aromatic heterocycles. The van der Waals surface area contributed by atoms with E-state index in [9.17, 15) is 14.4 Å². The highest BCUT2D eigenvalue weighted by molar-refractivity contribution is 7.17. The van der Waals surface area contributed by atoms with Crippen LogP contribution >= 0.6 is 11.3 Å². The van der Waals surface area contributed by atoms with Gasteiger partial charge in [-0.15, -0.1) is 11.3 Å². The Bertz CT molecular complexity index is 777. The monoisotopic (exact) mass is 310 g/mol. The van der Waals surface area contributed by atoms with Crippen LogP contribution in [0.5, 0.6) is 0 Å². The first-order valence-electron chi connectivity index (χ1n) is 6.37. The number of rotatable bonds is 5. The molecule has 0 amide bonds. The number of carboxylic acid groups (broad SMARTS) is 2. The number of aliphatic carboxylic acids is 1. The van der Waals surface area contributed by atoms with E-state index in [4.69, 9.17) is 10.2 Å². The highest BCUT2D eigenvalue weighted by Crippen LogP contribution is 2.23. The lowest BCUT2D eigenvalue weighted by Gasteiger charge is -2.15. The normalized spacial score (nSPS) is 12.5. The average molecular weight is 310 g/mol. The van der Waals surface area contributed by atoms with Gasteiger partial charge in [0.25, 0.3) is 5.56 Å². The van der Waals surface area contributed by atoms with Crippen molar-refractivity contribution in [3.05, 3.63) is 27.1 Å². The zero-order valence-electron chi connectivity index (χ0n) is 11.5. The molecule has 1 atom stereocenters. The summed E-state index contributed by atoms with van der Waals surface area (Å²) in [5, 5.41) is 19.6. The molecule has 2 rings (SSSR count). The molecule has 21 heavy (non-hydrogen) atoms. The van der Waals surface area contributed by atoms with Gasteiger partial charge in [0.2, 0.25) is 0 Å². The first-order valence-corrected chi connectivity index (χ1v) is 7.25. The van der Waals surface area contributed by atoms with Crippen LogP contribution in [0.25, 0.3) is 10.2 Å². The molecular weight excluding hydrogens is 296 g/mol. The molecule has 0 fully saturated rings. The fourth-order valence-electron chi connectivity index (χ4n) is 2.11. The van der Waals surface area contributed by atoms with E-state index in [-0.39, 0.29) is 10.9 Å². The minimum Gasteiger partial charge on any atom is -0.480 e. The summed E-state index contributed by atoms with van der Waals surface area (Å²) in [7, 11) is 0. The largest absolute Gasteiger partial charge is 0.480 e. The lowest BCUT2D eigenvalue weighted by Crippen LogP contribution is -2.32. The van der Waals surface area contributed by atoms with Gasteiger partial charge in [-0.25, -0.2) is 14.6 Å². The summed E-state index contributed by atoms with van der Waals surface area (Å²) in [5.74, 6) is -2.02. The molecule has 2 aromatic rings. The van der Waals surface area contributed by atoms with Crippen LogP contribution in [0, 0.1) is 0 Å². The van der Waals surface area contributed by atoms with E-state index in [1.54, 1.807) is 0 Å². The third-order valence-electron chi connectivity index (χ3n) is 3.16. The SMILES string of the molecule is CCCc1nc2scc(C(=O)O)c2c(=O)n1C(C)C(=O)O. The van der Waals surface area contributed by atoms with Crippen molar-refractivity contribution in [2.24, 2.45) is 0 Å². The number of carboxylic acids is 2. The van der Waals surface area contributed by atoms with E-state index in [0.717, 1.165) is 15.9 Å². The summed E-state index contributed by atoms with van der Waals surface area (Å²) < 4.78 is 1.08. The van der Waals surface area contributed by atoms with E-state index in [0.29, 0.717) is 23.5 Å². The topological polar surface area (TPSA) is 109 Å². The molecule has 0 bridgehead atoms. The number of carbonyl (C=O) groups is 2. The van der Waals surface area contributed by atoms with Crippen LogP contribution in [-0.2, 0) is 11.2 Å². The standard InChI is InChI=1S/C13H14N2O5S/c1-3-4-8-14-10-9(7(5-21-10)13(19)20)11(16)15(8)6(2)12(17)18/h5-6H,3-4H2,1-2H3,(H,17,18)(H,19,20). The van der Waals surface area contributed by atoms with Gasteiger partial charge >= 0.3 is 11.9 Å². The average Bonchev–Trinajstić information content (AvgIpc) is 2.83. The second kappa shape index (κ2) is 5.65. The van der Waals surface area contributed by atoms with Gasteiger partial charge in [-0.3, -0.25) is 9.36 Å². The summed E-state index contributed by atoms with van der Waals surface area (Å²) in [4.78, 5) is 39.5. The van der Waals surface area contributed by atoms with E-state index in [2.05, 4.69) is 4.98 Å². The second-order valence-corrected chi connectivity index (χ2v) is 5.46. The molecule has 1 unspecified atom stereocenters. The maximum absolute atomic E-state index is 12.6. The van der Waals surface area contributed by atoms with Gasteiger partial charge in [-0.1, -0.05) is 6.92 Å². The molecule has 2 N–H and O–H groups in total. The van der Waals surface area contributed by atoms with Crippen molar-refractivity contribution in [1.82, 2.24) is 9.55 Å². The molecule has 8 heteroatoms. The van der Waals surface area contributed by atoms with E-state index < -0.39 is 23.5 Å². The van der Waals surface area contributed by atoms with Crippen LogP contribution in [0.1, 0.15) is 42.5 Å². The van der Waals surface area contributed by atoms with Crippen molar-refractivity contribution in [3.8, 4) is 0 Å². The lowest BCUT2D eigenvalue weighted by molar-refractivity contribution is -0.140.